The Morgan fingerprint density at radius 2 is 2.41 bits per heavy atom. The summed E-state index contributed by atoms with van der Waals surface area (Å²) in [4.78, 5) is 14.6. The summed E-state index contributed by atoms with van der Waals surface area (Å²) in [5.41, 5.74) is 0.721. The van der Waals surface area contributed by atoms with Gasteiger partial charge in [0.05, 0.1) is 18.9 Å². The number of ether oxygens (including phenoxy) is 1. The van der Waals surface area contributed by atoms with Crippen molar-refractivity contribution in [2.75, 3.05) is 25.1 Å². The lowest BCUT2D eigenvalue weighted by Gasteiger charge is -2.08. The average Bonchev–Trinajstić information content (AvgIpc) is 2.34. The highest BCUT2D eigenvalue weighted by Gasteiger charge is 2.08. The molecular weight excluding hydrogens is 220 g/mol. The predicted molar refractivity (Wildman–Crippen MR) is 65.3 cm³/mol. The van der Waals surface area contributed by atoms with Crippen LogP contribution in [0.25, 0.3) is 0 Å². The summed E-state index contributed by atoms with van der Waals surface area (Å²) in [7, 11) is 0. The van der Waals surface area contributed by atoms with E-state index in [9.17, 15) is 4.79 Å². The number of hydrogen-bond acceptors (Lipinski definition) is 4. The van der Waals surface area contributed by atoms with Crippen LogP contribution in [-0.4, -0.2) is 35.8 Å². The maximum atomic E-state index is 10.9. The van der Waals surface area contributed by atoms with Gasteiger partial charge < -0.3 is 15.2 Å². The van der Waals surface area contributed by atoms with Gasteiger partial charge in [0, 0.05) is 18.9 Å². The topological polar surface area (TPSA) is 71.5 Å². The second kappa shape index (κ2) is 7.40. The van der Waals surface area contributed by atoms with E-state index in [-0.39, 0.29) is 5.56 Å². The molecule has 5 nitrogen and oxygen atoms in total. The molecule has 2 N–H and O–H groups in total. The van der Waals surface area contributed by atoms with E-state index in [1.165, 1.54) is 6.20 Å². The number of anilines is 1. The van der Waals surface area contributed by atoms with Crippen molar-refractivity contribution in [3.63, 3.8) is 0 Å². The van der Waals surface area contributed by atoms with Crippen LogP contribution < -0.4 is 5.32 Å². The van der Waals surface area contributed by atoms with E-state index < -0.39 is 5.97 Å². The number of carboxylic acids is 1. The molecular formula is C12H16N2O3. The largest absolute Gasteiger partial charge is 0.478 e. The van der Waals surface area contributed by atoms with Crippen molar-refractivity contribution in [3.8, 4) is 0 Å². The molecule has 0 aliphatic carbocycles. The predicted octanol–water partition coefficient (Wildman–Crippen LogP) is 1.78. The summed E-state index contributed by atoms with van der Waals surface area (Å²) in [6.07, 6.45) is 5.48. The number of hydrogen-bond donors (Lipinski definition) is 2. The van der Waals surface area contributed by atoms with Crippen LogP contribution in [0.15, 0.2) is 31.1 Å². The number of nitrogens with zero attached hydrogens (tertiary/aromatic N) is 1. The maximum Gasteiger partial charge on any atom is 0.339 e. The van der Waals surface area contributed by atoms with Gasteiger partial charge in [-0.2, -0.15) is 0 Å². The fourth-order valence-corrected chi connectivity index (χ4v) is 1.25. The Hall–Kier alpha value is -1.88. The molecule has 1 heterocycles. The van der Waals surface area contributed by atoms with E-state index in [1.54, 1.807) is 18.3 Å². The molecule has 1 aromatic rings. The van der Waals surface area contributed by atoms with E-state index in [2.05, 4.69) is 16.9 Å². The van der Waals surface area contributed by atoms with Crippen LogP contribution in [0.3, 0.4) is 0 Å². The second-order valence-corrected chi connectivity index (χ2v) is 3.34. The monoisotopic (exact) mass is 236 g/mol. The first kappa shape index (κ1) is 13.2. The number of rotatable bonds is 8. The first-order chi connectivity index (χ1) is 8.25. The van der Waals surface area contributed by atoms with Crippen molar-refractivity contribution in [3.05, 3.63) is 36.7 Å². The van der Waals surface area contributed by atoms with Gasteiger partial charge in [-0.05, 0) is 12.5 Å². The zero-order chi connectivity index (χ0) is 12.5. The third-order valence-electron chi connectivity index (χ3n) is 2.08. The smallest absolute Gasteiger partial charge is 0.339 e. The van der Waals surface area contributed by atoms with Crippen LogP contribution >= 0.6 is 0 Å². The van der Waals surface area contributed by atoms with E-state index in [0.717, 1.165) is 6.42 Å². The Labute approximate surface area is 100 Å². The first-order valence-electron chi connectivity index (χ1n) is 5.35. The highest BCUT2D eigenvalue weighted by molar-refractivity contribution is 5.93. The third kappa shape index (κ3) is 4.65. The Morgan fingerprint density at radius 1 is 1.59 bits per heavy atom. The summed E-state index contributed by atoms with van der Waals surface area (Å²) in [6.45, 7) is 5.30. The van der Waals surface area contributed by atoms with Crippen molar-refractivity contribution in [1.82, 2.24) is 4.98 Å². The SMILES string of the molecule is C=CCCOCCNc1ccncc1C(=O)O. The summed E-state index contributed by atoms with van der Waals surface area (Å²) >= 11 is 0. The normalized spacial score (nSPS) is 9.88. The molecule has 0 saturated heterocycles. The molecule has 17 heavy (non-hydrogen) atoms. The molecule has 0 unspecified atom stereocenters. The van der Waals surface area contributed by atoms with Gasteiger partial charge in [0.1, 0.15) is 5.56 Å². The van der Waals surface area contributed by atoms with Gasteiger partial charge in [-0.3, -0.25) is 4.98 Å². The number of aromatic carboxylic acids is 1. The number of pyridine rings is 1. The Morgan fingerprint density at radius 3 is 3.12 bits per heavy atom. The van der Waals surface area contributed by atoms with Crippen LogP contribution in [0.1, 0.15) is 16.8 Å². The van der Waals surface area contributed by atoms with Gasteiger partial charge in [0.25, 0.3) is 0 Å². The van der Waals surface area contributed by atoms with Crippen LogP contribution in [0.2, 0.25) is 0 Å². The van der Waals surface area contributed by atoms with Crippen molar-refractivity contribution < 1.29 is 14.6 Å². The van der Waals surface area contributed by atoms with Crippen molar-refractivity contribution >= 4 is 11.7 Å². The number of carboxylic acid groups (broad SMARTS) is 1. The molecule has 0 aliphatic heterocycles. The average molecular weight is 236 g/mol. The zero-order valence-electron chi connectivity index (χ0n) is 9.56. The number of aromatic nitrogens is 1. The molecule has 1 aromatic heterocycles. The van der Waals surface area contributed by atoms with Gasteiger partial charge >= 0.3 is 5.97 Å². The lowest BCUT2D eigenvalue weighted by atomic mass is 10.2. The fraction of sp³-hybridized carbons (Fsp3) is 0.333. The molecule has 5 heteroatoms. The van der Waals surface area contributed by atoms with Gasteiger partial charge in [0.2, 0.25) is 0 Å². The Balaban J connectivity index is 2.36. The molecule has 0 bridgehead atoms. The third-order valence-corrected chi connectivity index (χ3v) is 2.08. The van der Waals surface area contributed by atoms with Crippen LogP contribution in [0.4, 0.5) is 5.69 Å². The molecule has 0 amide bonds. The molecule has 0 fully saturated rings. The summed E-state index contributed by atoms with van der Waals surface area (Å²) in [6, 6.07) is 1.63. The lowest BCUT2D eigenvalue weighted by Crippen LogP contribution is -2.12. The standard InChI is InChI=1S/C12H16N2O3/c1-2-3-7-17-8-6-14-11-4-5-13-9-10(11)12(15)16/h2,4-5,9H,1,3,6-8H2,(H,13,14)(H,15,16). The number of carbonyl (C=O) groups is 1. The van der Waals surface area contributed by atoms with Gasteiger partial charge in [-0.15, -0.1) is 6.58 Å². The molecule has 0 aliphatic rings. The highest BCUT2D eigenvalue weighted by atomic mass is 16.5. The van der Waals surface area contributed by atoms with E-state index in [0.29, 0.717) is 25.4 Å². The highest BCUT2D eigenvalue weighted by Crippen LogP contribution is 2.12. The summed E-state index contributed by atoms with van der Waals surface area (Å²) in [5, 5.41) is 11.9. The molecule has 1 rings (SSSR count). The minimum Gasteiger partial charge on any atom is -0.478 e. The second-order valence-electron chi connectivity index (χ2n) is 3.34. The first-order valence-corrected chi connectivity index (χ1v) is 5.35. The van der Waals surface area contributed by atoms with Crippen LogP contribution in [-0.2, 0) is 4.74 Å². The van der Waals surface area contributed by atoms with E-state index in [4.69, 9.17) is 9.84 Å². The van der Waals surface area contributed by atoms with E-state index >= 15 is 0 Å². The molecule has 0 saturated carbocycles. The Kier molecular flexibility index (Phi) is 5.74. The lowest BCUT2D eigenvalue weighted by molar-refractivity contribution is 0.0697. The maximum absolute atomic E-state index is 10.9. The van der Waals surface area contributed by atoms with Gasteiger partial charge in [-0.25, -0.2) is 4.79 Å². The zero-order valence-corrected chi connectivity index (χ0v) is 9.56. The van der Waals surface area contributed by atoms with Crippen molar-refractivity contribution in [2.24, 2.45) is 0 Å². The molecule has 0 atom stereocenters. The molecule has 0 aromatic carbocycles. The molecule has 92 valence electrons. The number of nitrogens with one attached hydrogen (secondary N) is 1. The quantitative estimate of drug-likeness (QED) is 0.532. The van der Waals surface area contributed by atoms with Gasteiger partial charge in [-0.1, -0.05) is 6.08 Å². The fourth-order valence-electron chi connectivity index (χ4n) is 1.25. The van der Waals surface area contributed by atoms with E-state index in [1.807, 2.05) is 0 Å². The summed E-state index contributed by atoms with van der Waals surface area (Å²) < 4.78 is 5.30. The molecule has 0 radical (unpaired) electrons. The molecule has 0 spiro atoms. The summed E-state index contributed by atoms with van der Waals surface area (Å²) in [5.74, 6) is -0.992. The van der Waals surface area contributed by atoms with Crippen molar-refractivity contribution in [2.45, 2.75) is 6.42 Å². The van der Waals surface area contributed by atoms with Crippen LogP contribution in [0.5, 0.6) is 0 Å². The van der Waals surface area contributed by atoms with Crippen molar-refractivity contribution in [1.29, 1.82) is 0 Å². The van der Waals surface area contributed by atoms with Gasteiger partial charge in [0.15, 0.2) is 0 Å². The Bertz CT molecular complexity index is 380. The minimum absolute atomic E-state index is 0.165. The minimum atomic E-state index is -0.992. The van der Waals surface area contributed by atoms with Crippen LogP contribution in [0, 0.1) is 0 Å².